The molecule has 0 aliphatic rings. The first-order valence-corrected chi connectivity index (χ1v) is 8.83. The summed E-state index contributed by atoms with van der Waals surface area (Å²) in [7, 11) is 1.63. The van der Waals surface area contributed by atoms with E-state index in [1.807, 2.05) is 18.2 Å². The summed E-state index contributed by atoms with van der Waals surface area (Å²) in [6.07, 6.45) is 0. The van der Waals surface area contributed by atoms with Crippen molar-refractivity contribution < 1.29 is 9.47 Å². The lowest BCUT2D eigenvalue weighted by atomic mass is 10.1. The summed E-state index contributed by atoms with van der Waals surface area (Å²) in [5.41, 5.74) is 1.73. The van der Waals surface area contributed by atoms with Gasteiger partial charge in [-0.2, -0.15) is 0 Å². The van der Waals surface area contributed by atoms with E-state index in [0.717, 1.165) is 21.3 Å². The van der Waals surface area contributed by atoms with Crippen molar-refractivity contribution in [1.29, 1.82) is 0 Å². The van der Waals surface area contributed by atoms with Crippen molar-refractivity contribution in [3.63, 3.8) is 0 Å². The number of methoxy groups -OCH3 is 1. The molecule has 0 radical (unpaired) electrons. The van der Waals surface area contributed by atoms with Crippen molar-refractivity contribution in [2.75, 3.05) is 20.3 Å². The molecule has 0 amide bonds. The first-order valence-electron chi connectivity index (χ1n) is 6.03. The molecule has 0 aliphatic heterocycles. The molecule has 1 heterocycles. The Hall–Kier alpha value is 0.0300. The highest BCUT2D eigenvalue weighted by atomic mass is 79.9. The highest BCUT2D eigenvalue weighted by Crippen LogP contribution is 2.41. The number of alkyl halides is 1. The quantitative estimate of drug-likeness (QED) is 0.403. The lowest BCUT2D eigenvalue weighted by Crippen LogP contribution is -2.05. The van der Waals surface area contributed by atoms with E-state index in [1.54, 1.807) is 13.2 Å². The Morgan fingerprint density at radius 2 is 2.00 bits per heavy atom. The normalized spacial score (nSPS) is 12.4. The molecule has 2 nitrogen and oxygen atoms in total. The van der Waals surface area contributed by atoms with Crippen LogP contribution in [0.4, 0.5) is 0 Å². The van der Waals surface area contributed by atoms with Gasteiger partial charge in [-0.1, -0.05) is 29.3 Å². The molecule has 2 rings (SSSR count). The monoisotopic (exact) mass is 428 g/mol. The summed E-state index contributed by atoms with van der Waals surface area (Å²) >= 11 is 23.4. The van der Waals surface area contributed by atoms with Gasteiger partial charge in [-0.3, -0.25) is 0 Å². The molecule has 0 bridgehead atoms. The Bertz CT molecular complexity index is 618. The number of ether oxygens (including phenoxy) is 2. The minimum Gasteiger partial charge on any atom is -0.490 e. The van der Waals surface area contributed by atoms with Gasteiger partial charge in [0, 0.05) is 12.7 Å². The zero-order valence-corrected chi connectivity index (χ0v) is 15.7. The van der Waals surface area contributed by atoms with Gasteiger partial charge in [0.1, 0.15) is 12.4 Å². The minimum atomic E-state index is -0.356. The third-order valence-corrected chi connectivity index (χ3v) is 5.37. The molecule has 0 spiro atoms. The minimum absolute atomic E-state index is 0.356. The molecular formula is C14H12BrCl3O2S. The average molecular weight is 431 g/mol. The van der Waals surface area contributed by atoms with Crippen molar-refractivity contribution in [3.8, 4) is 5.75 Å². The molecule has 2 aromatic rings. The van der Waals surface area contributed by atoms with Crippen molar-refractivity contribution in [2.24, 2.45) is 0 Å². The van der Waals surface area contributed by atoms with Crippen LogP contribution in [0.15, 0.2) is 28.7 Å². The molecule has 21 heavy (non-hydrogen) atoms. The Balaban J connectivity index is 2.17. The van der Waals surface area contributed by atoms with Crippen molar-refractivity contribution in [1.82, 2.24) is 0 Å². The largest absolute Gasteiger partial charge is 0.490 e. The van der Waals surface area contributed by atoms with Crippen molar-refractivity contribution >= 4 is 62.1 Å². The Morgan fingerprint density at radius 1 is 1.24 bits per heavy atom. The summed E-state index contributed by atoms with van der Waals surface area (Å²) < 4.78 is 12.6. The van der Waals surface area contributed by atoms with Crippen molar-refractivity contribution in [2.45, 2.75) is 5.38 Å². The number of hydrogen-bond donors (Lipinski definition) is 0. The van der Waals surface area contributed by atoms with Gasteiger partial charge < -0.3 is 9.47 Å². The first-order chi connectivity index (χ1) is 10.0. The molecule has 0 aliphatic carbocycles. The third-order valence-electron chi connectivity index (χ3n) is 2.75. The van der Waals surface area contributed by atoms with E-state index < -0.39 is 0 Å². The molecule has 114 valence electrons. The van der Waals surface area contributed by atoms with Gasteiger partial charge in [0.2, 0.25) is 0 Å². The van der Waals surface area contributed by atoms with Crippen LogP contribution in [0.2, 0.25) is 8.67 Å². The van der Waals surface area contributed by atoms with Gasteiger partial charge in [-0.25, -0.2) is 0 Å². The molecule has 0 saturated heterocycles. The molecule has 0 fully saturated rings. The summed E-state index contributed by atoms with van der Waals surface area (Å²) in [5, 5.41) is -0.356. The molecule has 1 atom stereocenters. The molecule has 1 aromatic heterocycles. The summed E-state index contributed by atoms with van der Waals surface area (Å²) in [4.78, 5) is 0. The first kappa shape index (κ1) is 17.4. The molecule has 0 saturated carbocycles. The van der Waals surface area contributed by atoms with Gasteiger partial charge in [-0.15, -0.1) is 22.9 Å². The molecule has 1 unspecified atom stereocenters. The summed E-state index contributed by atoms with van der Waals surface area (Å²) in [5.74, 6) is 0.745. The fourth-order valence-electron chi connectivity index (χ4n) is 1.73. The van der Waals surface area contributed by atoms with E-state index in [1.165, 1.54) is 11.3 Å². The lowest BCUT2D eigenvalue weighted by molar-refractivity contribution is 0.146. The van der Waals surface area contributed by atoms with Gasteiger partial charge in [0.05, 0.1) is 25.1 Å². The van der Waals surface area contributed by atoms with Crippen LogP contribution in [-0.4, -0.2) is 20.3 Å². The van der Waals surface area contributed by atoms with E-state index in [4.69, 9.17) is 44.3 Å². The highest BCUT2D eigenvalue weighted by Gasteiger charge is 2.18. The predicted molar refractivity (Wildman–Crippen MR) is 93.5 cm³/mol. The number of thiophene rings is 1. The fraction of sp³-hybridized carbons (Fsp3) is 0.286. The van der Waals surface area contributed by atoms with Crippen LogP contribution in [0.3, 0.4) is 0 Å². The predicted octanol–water partition coefficient (Wildman–Crippen LogP) is 6.17. The molecular weight excluding hydrogens is 418 g/mol. The number of halogens is 4. The molecule has 1 aromatic carbocycles. The SMILES string of the molecule is COCCOc1ccc(C(Cl)c2cc(Cl)sc2Cl)cc1Br. The number of rotatable bonds is 6. The fourth-order valence-corrected chi connectivity index (χ4v) is 4.20. The van der Waals surface area contributed by atoms with E-state index in [2.05, 4.69) is 15.9 Å². The van der Waals surface area contributed by atoms with E-state index in [0.29, 0.717) is 21.9 Å². The maximum absolute atomic E-state index is 6.48. The number of benzene rings is 1. The van der Waals surface area contributed by atoms with E-state index >= 15 is 0 Å². The second-order valence-corrected chi connectivity index (χ2v) is 7.75. The maximum Gasteiger partial charge on any atom is 0.133 e. The molecule has 7 heteroatoms. The van der Waals surface area contributed by atoms with Crippen LogP contribution in [0, 0.1) is 0 Å². The standard InChI is InChI=1S/C14H12BrCl3O2S/c1-19-4-5-20-11-3-2-8(6-10(11)15)13(17)9-7-12(16)21-14(9)18/h2-3,6-7,13H,4-5H2,1H3. The Labute approximate surface area is 151 Å². The second kappa shape index (κ2) is 8.04. The van der Waals surface area contributed by atoms with Gasteiger partial charge >= 0.3 is 0 Å². The van der Waals surface area contributed by atoms with E-state index in [-0.39, 0.29) is 5.38 Å². The van der Waals surface area contributed by atoms with Crippen LogP contribution in [0.1, 0.15) is 16.5 Å². The van der Waals surface area contributed by atoms with Gasteiger partial charge in [0.15, 0.2) is 0 Å². The Morgan fingerprint density at radius 3 is 2.57 bits per heavy atom. The zero-order valence-electron chi connectivity index (χ0n) is 11.0. The van der Waals surface area contributed by atoms with E-state index in [9.17, 15) is 0 Å². The summed E-state index contributed by atoms with van der Waals surface area (Å²) in [6, 6.07) is 7.49. The Kier molecular flexibility index (Phi) is 6.66. The lowest BCUT2D eigenvalue weighted by Gasteiger charge is -2.12. The van der Waals surface area contributed by atoms with Crippen LogP contribution in [0.5, 0.6) is 5.75 Å². The van der Waals surface area contributed by atoms with Gasteiger partial charge in [-0.05, 0) is 39.7 Å². The van der Waals surface area contributed by atoms with Gasteiger partial charge in [0.25, 0.3) is 0 Å². The maximum atomic E-state index is 6.48. The van der Waals surface area contributed by atoms with Crippen molar-refractivity contribution in [3.05, 3.63) is 48.5 Å². The third kappa shape index (κ3) is 4.50. The number of hydrogen-bond acceptors (Lipinski definition) is 3. The average Bonchev–Trinajstić information content (AvgIpc) is 2.79. The van der Waals surface area contributed by atoms with Crippen LogP contribution in [0.25, 0.3) is 0 Å². The summed E-state index contributed by atoms with van der Waals surface area (Å²) in [6.45, 7) is 1.03. The van der Waals surface area contributed by atoms with Crippen LogP contribution in [-0.2, 0) is 4.74 Å². The highest BCUT2D eigenvalue weighted by molar-refractivity contribution is 9.10. The van der Waals surface area contributed by atoms with Crippen LogP contribution < -0.4 is 4.74 Å². The smallest absolute Gasteiger partial charge is 0.133 e. The van der Waals surface area contributed by atoms with Crippen LogP contribution >= 0.6 is 62.1 Å². The topological polar surface area (TPSA) is 18.5 Å². The zero-order chi connectivity index (χ0) is 15.4. The second-order valence-electron chi connectivity index (χ2n) is 4.17. The molecule has 0 N–H and O–H groups in total.